The van der Waals surface area contributed by atoms with Gasteiger partial charge in [0, 0.05) is 36.4 Å². The summed E-state index contributed by atoms with van der Waals surface area (Å²) in [6.07, 6.45) is 1.96. The highest BCUT2D eigenvalue weighted by atomic mass is 79.9. The van der Waals surface area contributed by atoms with Crippen molar-refractivity contribution in [1.29, 1.82) is 0 Å². The van der Waals surface area contributed by atoms with E-state index in [1.165, 1.54) is 0 Å². The normalized spacial score (nSPS) is 12.5. The Morgan fingerprint density at radius 1 is 1.56 bits per heavy atom. The minimum atomic E-state index is 0.174. The van der Waals surface area contributed by atoms with Crippen molar-refractivity contribution in [3.05, 3.63) is 22.3 Å². The van der Waals surface area contributed by atoms with Crippen LogP contribution in [0.5, 0.6) is 0 Å². The zero-order valence-electron chi connectivity index (χ0n) is 9.88. The maximum atomic E-state index is 5.18. The number of ether oxygens (including phenoxy) is 1. The predicted octanol–water partition coefficient (Wildman–Crippen LogP) is 2.01. The number of halogens is 1. The number of nitrogens with zero attached hydrogens (tertiary/aromatic N) is 1. The second-order valence-corrected chi connectivity index (χ2v) is 4.53. The monoisotopic (exact) mass is 287 g/mol. The fourth-order valence-electron chi connectivity index (χ4n) is 1.29. The summed E-state index contributed by atoms with van der Waals surface area (Å²) in [5.41, 5.74) is 1.14. The standard InChI is InChI=1S/C11H18BrN3O/c1-8(16-3)5-14-11-9(6-13-2)4-10(12)7-15-11/h4,7-8,13H,5-6H2,1-3H3,(H,14,15). The fraction of sp³-hybridized carbons (Fsp3) is 0.545. The number of aromatic nitrogens is 1. The van der Waals surface area contributed by atoms with Crippen LogP contribution >= 0.6 is 15.9 Å². The van der Waals surface area contributed by atoms with Gasteiger partial charge in [0.1, 0.15) is 5.82 Å². The van der Waals surface area contributed by atoms with Crippen molar-refractivity contribution in [3.63, 3.8) is 0 Å². The lowest BCUT2D eigenvalue weighted by Gasteiger charge is -2.14. The molecule has 0 aliphatic carbocycles. The highest BCUT2D eigenvalue weighted by molar-refractivity contribution is 9.10. The van der Waals surface area contributed by atoms with Crippen molar-refractivity contribution in [2.75, 3.05) is 26.0 Å². The summed E-state index contributed by atoms with van der Waals surface area (Å²) in [6, 6.07) is 2.06. The Morgan fingerprint density at radius 2 is 2.31 bits per heavy atom. The van der Waals surface area contributed by atoms with Gasteiger partial charge in [0.15, 0.2) is 0 Å². The molecule has 1 atom stereocenters. The third kappa shape index (κ3) is 4.08. The van der Waals surface area contributed by atoms with Gasteiger partial charge in [0.05, 0.1) is 6.10 Å². The second kappa shape index (κ2) is 6.83. The Hall–Kier alpha value is -0.650. The third-order valence-corrected chi connectivity index (χ3v) is 2.69. The number of rotatable bonds is 6. The molecule has 1 rings (SSSR count). The second-order valence-electron chi connectivity index (χ2n) is 3.62. The first-order valence-corrected chi connectivity index (χ1v) is 6.02. The molecule has 1 aromatic heterocycles. The Balaban J connectivity index is 2.70. The molecule has 0 aliphatic heterocycles. The molecule has 16 heavy (non-hydrogen) atoms. The van der Waals surface area contributed by atoms with Crippen molar-refractivity contribution >= 4 is 21.7 Å². The van der Waals surface area contributed by atoms with Crippen LogP contribution in [0.3, 0.4) is 0 Å². The minimum Gasteiger partial charge on any atom is -0.380 e. The van der Waals surface area contributed by atoms with E-state index in [0.717, 1.165) is 28.9 Å². The van der Waals surface area contributed by atoms with Crippen molar-refractivity contribution in [2.24, 2.45) is 0 Å². The molecule has 2 N–H and O–H groups in total. The lowest BCUT2D eigenvalue weighted by Crippen LogP contribution is -2.20. The summed E-state index contributed by atoms with van der Waals surface area (Å²) in [6.45, 7) is 3.56. The van der Waals surface area contributed by atoms with E-state index in [2.05, 4.69) is 37.6 Å². The van der Waals surface area contributed by atoms with E-state index in [-0.39, 0.29) is 6.10 Å². The number of nitrogens with one attached hydrogen (secondary N) is 2. The van der Waals surface area contributed by atoms with Gasteiger partial charge in [0.2, 0.25) is 0 Å². The summed E-state index contributed by atoms with van der Waals surface area (Å²) < 4.78 is 6.17. The molecule has 1 heterocycles. The van der Waals surface area contributed by atoms with Gasteiger partial charge in [0.25, 0.3) is 0 Å². The molecule has 90 valence electrons. The van der Waals surface area contributed by atoms with Crippen molar-refractivity contribution in [1.82, 2.24) is 10.3 Å². The van der Waals surface area contributed by atoms with E-state index in [4.69, 9.17) is 4.74 Å². The predicted molar refractivity (Wildman–Crippen MR) is 69.7 cm³/mol. The van der Waals surface area contributed by atoms with Gasteiger partial charge in [-0.25, -0.2) is 4.98 Å². The topological polar surface area (TPSA) is 46.2 Å². The summed E-state index contributed by atoms with van der Waals surface area (Å²) in [4.78, 5) is 4.35. The van der Waals surface area contributed by atoms with Crippen molar-refractivity contribution in [2.45, 2.75) is 19.6 Å². The summed E-state index contributed by atoms with van der Waals surface area (Å²) in [7, 11) is 3.62. The molecule has 0 amide bonds. The van der Waals surface area contributed by atoms with Crippen LogP contribution < -0.4 is 10.6 Å². The van der Waals surface area contributed by atoms with Gasteiger partial charge in [-0.2, -0.15) is 0 Å². The molecule has 5 heteroatoms. The van der Waals surface area contributed by atoms with Crippen LogP contribution in [0.1, 0.15) is 12.5 Å². The number of pyridine rings is 1. The highest BCUT2D eigenvalue weighted by Crippen LogP contribution is 2.17. The number of hydrogen-bond donors (Lipinski definition) is 2. The van der Waals surface area contributed by atoms with E-state index in [9.17, 15) is 0 Å². The zero-order chi connectivity index (χ0) is 12.0. The Bertz CT molecular complexity index is 333. The molecule has 0 saturated carbocycles. The lowest BCUT2D eigenvalue weighted by atomic mass is 10.2. The maximum absolute atomic E-state index is 5.18. The van der Waals surface area contributed by atoms with E-state index < -0.39 is 0 Å². The highest BCUT2D eigenvalue weighted by Gasteiger charge is 2.05. The van der Waals surface area contributed by atoms with Gasteiger partial charge < -0.3 is 15.4 Å². The first-order chi connectivity index (χ1) is 7.67. The molecule has 0 radical (unpaired) electrons. The van der Waals surface area contributed by atoms with Crippen LogP contribution in [0.2, 0.25) is 0 Å². The quantitative estimate of drug-likeness (QED) is 0.840. The summed E-state index contributed by atoms with van der Waals surface area (Å²) in [5, 5.41) is 6.40. The van der Waals surface area contributed by atoms with E-state index in [0.29, 0.717) is 0 Å². The van der Waals surface area contributed by atoms with Gasteiger partial charge in [-0.3, -0.25) is 0 Å². The molecule has 1 aromatic rings. The molecule has 4 nitrogen and oxygen atoms in total. The van der Waals surface area contributed by atoms with Crippen LogP contribution in [-0.4, -0.2) is 31.8 Å². The smallest absolute Gasteiger partial charge is 0.130 e. The fourth-order valence-corrected chi connectivity index (χ4v) is 1.67. The average Bonchev–Trinajstić information content (AvgIpc) is 2.28. The molecule has 0 spiro atoms. The van der Waals surface area contributed by atoms with Crippen LogP contribution in [0.15, 0.2) is 16.7 Å². The van der Waals surface area contributed by atoms with E-state index >= 15 is 0 Å². The summed E-state index contributed by atoms with van der Waals surface area (Å²) >= 11 is 3.42. The van der Waals surface area contributed by atoms with E-state index in [1.54, 1.807) is 13.3 Å². The van der Waals surface area contributed by atoms with Crippen LogP contribution in [0, 0.1) is 0 Å². The maximum Gasteiger partial charge on any atom is 0.130 e. The first-order valence-electron chi connectivity index (χ1n) is 5.23. The zero-order valence-corrected chi connectivity index (χ0v) is 11.5. The molecule has 0 aliphatic rings. The molecular formula is C11H18BrN3O. The van der Waals surface area contributed by atoms with E-state index in [1.807, 2.05) is 14.0 Å². The SMILES string of the molecule is CNCc1cc(Br)cnc1NCC(C)OC. The number of hydrogen-bond acceptors (Lipinski definition) is 4. The first kappa shape index (κ1) is 13.4. The Labute approximate surface area is 105 Å². The molecule has 0 fully saturated rings. The minimum absolute atomic E-state index is 0.174. The molecule has 0 saturated heterocycles. The average molecular weight is 288 g/mol. The Kier molecular flexibility index (Phi) is 5.73. The largest absolute Gasteiger partial charge is 0.380 e. The van der Waals surface area contributed by atoms with Gasteiger partial charge in [-0.05, 0) is 36.0 Å². The number of methoxy groups -OCH3 is 1. The Morgan fingerprint density at radius 3 is 2.94 bits per heavy atom. The third-order valence-electron chi connectivity index (χ3n) is 2.26. The van der Waals surface area contributed by atoms with Gasteiger partial charge in [-0.1, -0.05) is 0 Å². The lowest BCUT2D eigenvalue weighted by molar-refractivity contribution is 0.128. The van der Waals surface area contributed by atoms with Crippen LogP contribution in [0.4, 0.5) is 5.82 Å². The van der Waals surface area contributed by atoms with Gasteiger partial charge >= 0.3 is 0 Å². The summed E-state index contributed by atoms with van der Waals surface area (Å²) in [5.74, 6) is 0.904. The van der Waals surface area contributed by atoms with Crippen molar-refractivity contribution in [3.8, 4) is 0 Å². The molecule has 0 bridgehead atoms. The van der Waals surface area contributed by atoms with Crippen LogP contribution in [0.25, 0.3) is 0 Å². The molecule has 0 aromatic carbocycles. The molecular weight excluding hydrogens is 270 g/mol. The van der Waals surface area contributed by atoms with Gasteiger partial charge in [-0.15, -0.1) is 0 Å². The molecule has 1 unspecified atom stereocenters. The van der Waals surface area contributed by atoms with Crippen molar-refractivity contribution < 1.29 is 4.74 Å². The number of anilines is 1. The van der Waals surface area contributed by atoms with Crippen LogP contribution in [-0.2, 0) is 11.3 Å².